The smallest absolute Gasteiger partial charge is 0.129 e. The van der Waals surface area contributed by atoms with Crippen molar-refractivity contribution in [2.24, 2.45) is 5.41 Å². The van der Waals surface area contributed by atoms with Crippen molar-refractivity contribution >= 4 is 5.82 Å². The summed E-state index contributed by atoms with van der Waals surface area (Å²) in [6.45, 7) is 9.03. The van der Waals surface area contributed by atoms with Crippen molar-refractivity contribution in [2.75, 3.05) is 11.9 Å². The molecule has 1 aromatic rings. The van der Waals surface area contributed by atoms with Crippen LogP contribution >= 0.6 is 0 Å². The predicted molar refractivity (Wildman–Crippen MR) is 74.6 cm³/mol. The summed E-state index contributed by atoms with van der Waals surface area (Å²) in [6.07, 6.45) is 4.02. The topological polar surface area (TPSA) is 58.0 Å². The van der Waals surface area contributed by atoms with E-state index in [0.717, 1.165) is 30.8 Å². The molecule has 0 fully saturated rings. The zero-order valence-electron chi connectivity index (χ0n) is 11.9. The van der Waals surface area contributed by atoms with Crippen molar-refractivity contribution in [2.45, 2.75) is 53.1 Å². The maximum atomic E-state index is 9.91. The van der Waals surface area contributed by atoms with E-state index in [1.165, 1.54) is 0 Å². The zero-order valence-corrected chi connectivity index (χ0v) is 11.9. The number of aromatic nitrogens is 2. The number of nitrogens with zero attached hydrogens (tertiary/aromatic N) is 2. The molecular formula is C14H25N3O. The standard InChI is InChI=1S/C14H25N3O/c1-5-6-11-7-13(17-10-16-11)15-9-12(18)8-14(2,3)4/h7,10,12,18H,5-6,8-9H2,1-4H3,(H,15,16,17). The van der Waals surface area contributed by atoms with Gasteiger partial charge in [-0.3, -0.25) is 0 Å². The first-order valence-corrected chi connectivity index (χ1v) is 6.63. The molecule has 1 unspecified atom stereocenters. The summed E-state index contributed by atoms with van der Waals surface area (Å²) in [6, 6.07) is 1.95. The van der Waals surface area contributed by atoms with Crippen molar-refractivity contribution in [3.8, 4) is 0 Å². The molecule has 0 aliphatic heterocycles. The number of nitrogens with one attached hydrogen (secondary N) is 1. The van der Waals surface area contributed by atoms with E-state index in [2.05, 4.69) is 43.0 Å². The molecular weight excluding hydrogens is 226 g/mol. The molecule has 102 valence electrons. The molecule has 1 aromatic heterocycles. The van der Waals surface area contributed by atoms with Gasteiger partial charge in [-0.25, -0.2) is 9.97 Å². The van der Waals surface area contributed by atoms with Gasteiger partial charge in [0.15, 0.2) is 0 Å². The van der Waals surface area contributed by atoms with E-state index in [9.17, 15) is 5.11 Å². The Kier molecular flexibility index (Phi) is 5.54. The maximum Gasteiger partial charge on any atom is 0.129 e. The van der Waals surface area contributed by atoms with Crippen LogP contribution < -0.4 is 5.32 Å². The SMILES string of the molecule is CCCc1cc(NCC(O)CC(C)(C)C)ncn1. The van der Waals surface area contributed by atoms with Crippen LogP contribution in [-0.4, -0.2) is 27.7 Å². The van der Waals surface area contributed by atoms with Gasteiger partial charge in [-0.05, 0) is 18.3 Å². The van der Waals surface area contributed by atoms with Gasteiger partial charge in [0.2, 0.25) is 0 Å². The van der Waals surface area contributed by atoms with E-state index in [4.69, 9.17) is 0 Å². The van der Waals surface area contributed by atoms with E-state index >= 15 is 0 Å². The molecule has 0 aromatic carbocycles. The molecule has 4 nitrogen and oxygen atoms in total. The van der Waals surface area contributed by atoms with Crippen LogP contribution in [0.5, 0.6) is 0 Å². The second-order valence-electron chi connectivity index (χ2n) is 5.94. The van der Waals surface area contributed by atoms with Gasteiger partial charge in [-0.15, -0.1) is 0 Å². The van der Waals surface area contributed by atoms with Gasteiger partial charge >= 0.3 is 0 Å². The van der Waals surface area contributed by atoms with Crippen LogP contribution in [0.2, 0.25) is 0 Å². The minimum Gasteiger partial charge on any atom is -0.391 e. The fraction of sp³-hybridized carbons (Fsp3) is 0.714. The van der Waals surface area contributed by atoms with Crippen LogP contribution in [0.3, 0.4) is 0 Å². The molecule has 4 heteroatoms. The molecule has 0 amide bonds. The number of hydrogen-bond acceptors (Lipinski definition) is 4. The molecule has 18 heavy (non-hydrogen) atoms. The van der Waals surface area contributed by atoms with Gasteiger partial charge in [-0.1, -0.05) is 34.1 Å². The summed E-state index contributed by atoms with van der Waals surface area (Å²) in [5.74, 6) is 0.793. The Bertz CT molecular complexity index is 360. The summed E-state index contributed by atoms with van der Waals surface area (Å²) in [5.41, 5.74) is 1.18. The second kappa shape index (κ2) is 6.69. The quantitative estimate of drug-likeness (QED) is 0.816. The zero-order chi connectivity index (χ0) is 13.6. The normalized spacial score (nSPS) is 13.4. The van der Waals surface area contributed by atoms with Crippen LogP contribution in [0.4, 0.5) is 5.82 Å². The summed E-state index contributed by atoms with van der Waals surface area (Å²) >= 11 is 0. The van der Waals surface area contributed by atoms with E-state index in [1.807, 2.05) is 6.07 Å². The maximum absolute atomic E-state index is 9.91. The highest BCUT2D eigenvalue weighted by molar-refractivity contribution is 5.34. The third-order valence-electron chi connectivity index (χ3n) is 2.60. The molecule has 0 aliphatic carbocycles. The highest BCUT2D eigenvalue weighted by Crippen LogP contribution is 2.20. The molecule has 0 saturated heterocycles. The summed E-state index contributed by atoms with van der Waals surface area (Å²) in [7, 11) is 0. The first-order valence-electron chi connectivity index (χ1n) is 6.63. The molecule has 1 rings (SSSR count). The third kappa shape index (κ3) is 5.96. The highest BCUT2D eigenvalue weighted by atomic mass is 16.3. The van der Waals surface area contributed by atoms with Crippen LogP contribution in [0, 0.1) is 5.41 Å². The molecule has 0 radical (unpaired) electrons. The molecule has 0 spiro atoms. The van der Waals surface area contributed by atoms with Crippen LogP contribution in [0.1, 0.15) is 46.2 Å². The first kappa shape index (κ1) is 14.9. The Balaban J connectivity index is 2.45. The Morgan fingerprint density at radius 3 is 2.67 bits per heavy atom. The molecule has 0 aliphatic rings. The fourth-order valence-electron chi connectivity index (χ4n) is 1.89. The molecule has 0 saturated carbocycles. The Labute approximate surface area is 110 Å². The third-order valence-corrected chi connectivity index (χ3v) is 2.60. The summed E-state index contributed by atoms with van der Waals surface area (Å²) in [4.78, 5) is 8.36. The summed E-state index contributed by atoms with van der Waals surface area (Å²) in [5, 5.41) is 13.1. The van der Waals surface area contributed by atoms with Crippen molar-refractivity contribution in [3.05, 3.63) is 18.1 Å². The number of aliphatic hydroxyl groups is 1. The van der Waals surface area contributed by atoms with Gasteiger partial charge in [0.25, 0.3) is 0 Å². The number of anilines is 1. The number of aliphatic hydroxyl groups excluding tert-OH is 1. The van der Waals surface area contributed by atoms with Gasteiger partial charge in [0.05, 0.1) is 6.10 Å². The Hall–Kier alpha value is -1.16. The van der Waals surface area contributed by atoms with Crippen LogP contribution in [-0.2, 0) is 6.42 Å². The highest BCUT2D eigenvalue weighted by Gasteiger charge is 2.16. The monoisotopic (exact) mass is 251 g/mol. The van der Waals surface area contributed by atoms with Gasteiger partial charge in [0.1, 0.15) is 12.1 Å². The lowest BCUT2D eigenvalue weighted by atomic mass is 9.89. The Morgan fingerprint density at radius 1 is 1.33 bits per heavy atom. The van der Waals surface area contributed by atoms with Crippen molar-refractivity contribution in [1.29, 1.82) is 0 Å². The van der Waals surface area contributed by atoms with Crippen molar-refractivity contribution < 1.29 is 5.11 Å². The summed E-state index contributed by atoms with van der Waals surface area (Å²) < 4.78 is 0. The molecule has 0 bridgehead atoms. The van der Waals surface area contributed by atoms with Crippen molar-refractivity contribution in [1.82, 2.24) is 9.97 Å². The Morgan fingerprint density at radius 2 is 2.06 bits per heavy atom. The molecule has 1 atom stereocenters. The second-order valence-corrected chi connectivity index (χ2v) is 5.94. The lowest BCUT2D eigenvalue weighted by molar-refractivity contribution is 0.132. The minimum atomic E-state index is -0.352. The number of rotatable bonds is 6. The molecule has 2 N–H and O–H groups in total. The van der Waals surface area contributed by atoms with Crippen molar-refractivity contribution in [3.63, 3.8) is 0 Å². The number of hydrogen-bond donors (Lipinski definition) is 2. The van der Waals surface area contributed by atoms with Crippen LogP contribution in [0.15, 0.2) is 12.4 Å². The fourth-order valence-corrected chi connectivity index (χ4v) is 1.89. The predicted octanol–water partition coefficient (Wildman–Crippen LogP) is 2.64. The largest absolute Gasteiger partial charge is 0.391 e. The lowest BCUT2D eigenvalue weighted by Crippen LogP contribution is -2.25. The average Bonchev–Trinajstić information content (AvgIpc) is 2.25. The van der Waals surface area contributed by atoms with Gasteiger partial charge in [-0.2, -0.15) is 0 Å². The van der Waals surface area contributed by atoms with E-state index in [1.54, 1.807) is 6.33 Å². The molecule has 1 heterocycles. The van der Waals surface area contributed by atoms with E-state index < -0.39 is 0 Å². The van der Waals surface area contributed by atoms with Crippen LogP contribution in [0.25, 0.3) is 0 Å². The number of aryl methyl sites for hydroxylation is 1. The van der Waals surface area contributed by atoms with E-state index in [-0.39, 0.29) is 11.5 Å². The first-order chi connectivity index (χ1) is 8.40. The van der Waals surface area contributed by atoms with Gasteiger partial charge in [0, 0.05) is 18.3 Å². The minimum absolute atomic E-state index is 0.139. The lowest BCUT2D eigenvalue weighted by Gasteiger charge is -2.22. The average molecular weight is 251 g/mol. The van der Waals surface area contributed by atoms with E-state index in [0.29, 0.717) is 6.54 Å². The van der Waals surface area contributed by atoms with Gasteiger partial charge < -0.3 is 10.4 Å².